The summed E-state index contributed by atoms with van der Waals surface area (Å²) in [5.41, 5.74) is 0.295. The van der Waals surface area contributed by atoms with E-state index in [1.807, 2.05) is 32.0 Å². The molecular weight excluding hydrogens is 324 g/mol. The van der Waals surface area contributed by atoms with Crippen LogP contribution in [0.3, 0.4) is 0 Å². The maximum absolute atomic E-state index is 12.3. The molecule has 1 aromatic carbocycles. The molecule has 2 rings (SSSR count). The van der Waals surface area contributed by atoms with Gasteiger partial charge < -0.3 is 10.2 Å². The van der Waals surface area contributed by atoms with Crippen LogP contribution in [0, 0.1) is 17.2 Å². The number of hydrogen-bond acceptors (Lipinski definition) is 4. The third-order valence-corrected chi connectivity index (χ3v) is 4.93. The van der Waals surface area contributed by atoms with Crippen LogP contribution >= 0.6 is 11.6 Å². The zero-order valence-corrected chi connectivity index (χ0v) is 15.3. The number of amides is 1. The first-order valence-electron chi connectivity index (χ1n) is 8.29. The van der Waals surface area contributed by atoms with Crippen molar-refractivity contribution >= 4 is 23.2 Å². The molecule has 0 saturated carbocycles. The third kappa shape index (κ3) is 4.62. The van der Waals surface area contributed by atoms with Gasteiger partial charge >= 0.3 is 0 Å². The predicted molar refractivity (Wildman–Crippen MR) is 97.1 cm³/mol. The van der Waals surface area contributed by atoms with Crippen molar-refractivity contribution in [2.45, 2.75) is 26.3 Å². The molecule has 1 amide bonds. The number of nitrogens with zero attached hydrogens (tertiary/aromatic N) is 3. The molecule has 24 heavy (non-hydrogen) atoms. The summed E-state index contributed by atoms with van der Waals surface area (Å²) in [6, 6.07) is 10.0. The number of carbonyl (C=O) groups excluding carboxylic acids is 1. The molecule has 0 bridgehead atoms. The van der Waals surface area contributed by atoms with Gasteiger partial charge in [0.15, 0.2) is 0 Å². The third-order valence-electron chi connectivity index (χ3n) is 4.70. The lowest BCUT2D eigenvalue weighted by molar-refractivity contribution is -0.124. The van der Waals surface area contributed by atoms with E-state index in [0.717, 1.165) is 36.9 Å². The van der Waals surface area contributed by atoms with Gasteiger partial charge in [0.25, 0.3) is 0 Å². The molecule has 5 nitrogen and oxygen atoms in total. The summed E-state index contributed by atoms with van der Waals surface area (Å²) in [6.45, 7) is 9.30. The minimum Gasteiger partial charge on any atom is -0.369 e. The number of nitrogens with one attached hydrogen (secondary N) is 1. The first-order valence-corrected chi connectivity index (χ1v) is 8.67. The number of nitriles is 1. The Morgan fingerprint density at radius 2 is 2.04 bits per heavy atom. The Balaban J connectivity index is 1.85. The molecule has 1 aliphatic heterocycles. The minimum atomic E-state index is -0.820. The summed E-state index contributed by atoms with van der Waals surface area (Å²) in [4.78, 5) is 16.6. The molecule has 1 saturated heterocycles. The Morgan fingerprint density at radius 1 is 1.38 bits per heavy atom. The van der Waals surface area contributed by atoms with E-state index in [4.69, 9.17) is 11.6 Å². The van der Waals surface area contributed by atoms with Crippen LogP contribution in [0.2, 0.25) is 5.02 Å². The van der Waals surface area contributed by atoms with Crippen LogP contribution in [0.15, 0.2) is 24.3 Å². The molecule has 0 radical (unpaired) electrons. The molecular formula is C18H25ClN4O. The van der Waals surface area contributed by atoms with Gasteiger partial charge in [0.05, 0.1) is 12.6 Å². The average Bonchev–Trinajstić information content (AvgIpc) is 2.55. The van der Waals surface area contributed by atoms with E-state index in [2.05, 4.69) is 27.3 Å². The zero-order valence-electron chi connectivity index (χ0n) is 14.6. The summed E-state index contributed by atoms with van der Waals surface area (Å²) in [5, 5.41) is 12.9. The number of rotatable bonds is 5. The van der Waals surface area contributed by atoms with Gasteiger partial charge in [-0.05, 0) is 31.0 Å². The molecule has 1 heterocycles. The molecule has 1 atom stereocenters. The van der Waals surface area contributed by atoms with Gasteiger partial charge in [-0.25, -0.2) is 0 Å². The van der Waals surface area contributed by atoms with E-state index in [1.165, 1.54) is 0 Å². The molecule has 1 N–H and O–H groups in total. The van der Waals surface area contributed by atoms with Crippen molar-refractivity contribution in [1.29, 1.82) is 5.26 Å². The molecule has 6 heteroatoms. The zero-order chi connectivity index (χ0) is 17.7. The normalized spacial score (nSPS) is 18.1. The second-order valence-corrected chi connectivity index (χ2v) is 7.20. The number of halogens is 1. The Kier molecular flexibility index (Phi) is 6.09. The van der Waals surface area contributed by atoms with Crippen molar-refractivity contribution in [2.75, 3.05) is 37.6 Å². The van der Waals surface area contributed by atoms with E-state index in [0.29, 0.717) is 6.54 Å². The summed E-state index contributed by atoms with van der Waals surface area (Å²) < 4.78 is 0. The molecule has 1 unspecified atom stereocenters. The molecule has 0 aromatic heterocycles. The highest BCUT2D eigenvalue weighted by Gasteiger charge is 2.30. The second kappa shape index (κ2) is 7.87. The van der Waals surface area contributed by atoms with Gasteiger partial charge in [0.2, 0.25) is 5.91 Å². The molecule has 1 aromatic rings. The number of anilines is 1. The average molecular weight is 349 g/mol. The standard InChI is InChI=1S/C18H25ClN4O/c1-14(2)18(3,13-20)21-17(24)12-22-7-9-23(10-8-22)16-6-4-5-15(19)11-16/h4-6,11,14H,7-10,12H2,1-3H3,(H,21,24). The molecule has 0 aliphatic carbocycles. The fraction of sp³-hybridized carbons (Fsp3) is 0.556. The Hall–Kier alpha value is -1.77. The maximum Gasteiger partial charge on any atom is 0.235 e. The van der Waals surface area contributed by atoms with Crippen molar-refractivity contribution in [3.05, 3.63) is 29.3 Å². The van der Waals surface area contributed by atoms with Crippen molar-refractivity contribution in [1.82, 2.24) is 10.2 Å². The second-order valence-electron chi connectivity index (χ2n) is 6.76. The van der Waals surface area contributed by atoms with E-state index >= 15 is 0 Å². The van der Waals surface area contributed by atoms with Crippen LogP contribution in [-0.4, -0.2) is 49.1 Å². The van der Waals surface area contributed by atoms with Gasteiger partial charge in [-0.1, -0.05) is 31.5 Å². The van der Waals surface area contributed by atoms with E-state index in [1.54, 1.807) is 6.92 Å². The monoisotopic (exact) mass is 348 g/mol. The lowest BCUT2D eigenvalue weighted by Gasteiger charge is -2.36. The molecule has 0 spiro atoms. The SMILES string of the molecule is CC(C)C(C)(C#N)NC(=O)CN1CCN(c2cccc(Cl)c2)CC1. The van der Waals surface area contributed by atoms with Crippen LogP contribution in [-0.2, 0) is 4.79 Å². The number of piperazine rings is 1. The lowest BCUT2D eigenvalue weighted by atomic mass is 9.90. The number of carbonyl (C=O) groups is 1. The lowest BCUT2D eigenvalue weighted by Crippen LogP contribution is -2.54. The quantitative estimate of drug-likeness (QED) is 0.888. The Morgan fingerprint density at radius 3 is 2.58 bits per heavy atom. The van der Waals surface area contributed by atoms with Gasteiger partial charge in [0.1, 0.15) is 5.54 Å². The highest BCUT2D eigenvalue weighted by atomic mass is 35.5. The fourth-order valence-electron chi connectivity index (χ4n) is 2.67. The van der Waals surface area contributed by atoms with Gasteiger partial charge in [-0.15, -0.1) is 0 Å². The fourth-order valence-corrected chi connectivity index (χ4v) is 2.86. The maximum atomic E-state index is 12.3. The predicted octanol–water partition coefficient (Wildman–Crippen LogP) is 2.52. The summed E-state index contributed by atoms with van der Waals surface area (Å²) in [5.74, 6) is -0.0323. The van der Waals surface area contributed by atoms with Gasteiger partial charge in [-0.3, -0.25) is 9.69 Å². The van der Waals surface area contributed by atoms with Crippen LogP contribution in [0.4, 0.5) is 5.69 Å². The topological polar surface area (TPSA) is 59.4 Å². The van der Waals surface area contributed by atoms with E-state index in [-0.39, 0.29) is 11.8 Å². The van der Waals surface area contributed by atoms with E-state index < -0.39 is 5.54 Å². The van der Waals surface area contributed by atoms with Crippen LogP contribution in [0.1, 0.15) is 20.8 Å². The largest absolute Gasteiger partial charge is 0.369 e. The van der Waals surface area contributed by atoms with Crippen molar-refractivity contribution in [2.24, 2.45) is 5.92 Å². The summed E-state index contributed by atoms with van der Waals surface area (Å²) in [6.07, 6.45) is 0. The number of hydrogen-bond donors (Lipinski definition) is 1. The van der Waals surface area contributed by atoms with Crippen molar-refractivity contribution in [3.63, 3.8) is 0 Å². The Bertz CT molecular complexity index is 620. The van der Waals surface area contributed by atoms with Crippen molar-refractivity contribution in [3.8, 4) is 6.07 Å². The van der Waals surface area contributed by atoms with Gasteiger partial charge in [-0.2, -0.15) is 5.26 Å². The molecule has 130 valence electrons. The number of benzene rings is 1. The van der Waals surface area contributed by atoms with Gasteiger partial charge in [0, 0.05) is 36.9 Å². The minimum absolute atomic E-state index is 0.0612. The van der Waals surface area contributed by atoms with Crippen LogP contribution < -0.4 is 10.2 Å². The first kappa shape index (κ1) is 18.6. The highest BCUT2D eigenvalue weighted by Crippen LogP contribution is 2.21. The van der Waals surface area contributed by atoms with Crippen LogP contribution in [0.25, 0.3) is 0 Å². The summed E-state index contributed by atoms with van der Waals surface area (Å²) >= 11 is 6.05. The Labute approximate surface area is 149 Å². The van der Waals surface area contributed by atoms with E-state index in [9.17, 15) is 10.1 Å². The summed E-state index contributed by atoms with van der Waals surface area (Å²) in [7, 11) is 0. The smallest absolute Gasteiger partial charge is 0.235 e. The molecule has 1 aliphatic rings. The van der Waals surface area contributed by atoms with Crippen LogP contribution in [0.5, 0.6) is 0 Å². The molecule has 1 fully saturated rings. The van der Waals surface area contributed by atoms with Crippen molar-refractivity contribution < 1.29 is 4.79 Å². The first-order chi connectivity index (χ1) is 11.3. The highest BCUT2D eigenvalue weighted by molar-refractivity contribution is 6.30.